The van der Waals surface area contributed by atoms with Gasteiger partial charge in [0.1, 0.15) is 5.82 Å². The fraction of sp³-hybridized carbons (Fsp3) is 0.312. The molecule has 0 radical (unpaired) electrons. The standard InChI is InChI=1S/C16H19FN4O/c1-3-11(4-2)16(22)19-15-10-9-14(20-21-15)18-13-7-5-12(17)6-8-13/h5-11H,3-4H2,1-2H3,(H,18,20)(H,19,21,22). The molecule has 22 heavy (non-hydrogen) atoms. The van der Waals surface area contributed by atoms with E-state index in [9.17, 15) is 9.18 Å². The van der Waals surface area contributed by atoms with Gasteiger partial charge in [0, 0.05) is 11.6 Å². The molecule has 0 bridgehead atoms. The number of nitrogens with zero attached hydrogens (tertiary/aromatic N) is 2. The third-order valence-electron chi connectivity index (χ3n) is 3.39. The maximum atomic E-state index is 12.8. The Morgan fingerprint density at radius 1 is 1.05 bits per heavy atom. The molecule has 0 saturated heterocycles. The quantitative estimate of drug-likeness (QED) is 0.853. The van der Waals surface area contributed by atoms with Crippen LogP contribution in [0.2, 0.25) is 0 Å². The van der Waals surface area contributed by atoms with Crippen LogP contribution in [0.4, 0.5) is 21.7 Å². The Bertz CT molecular complexity index is 609. The van der Waals surface area contributed by atoms with E-state index in [2.05, 4.69) is 20.8 Å². The molecular weight excluding hydrogens is 283 g/mol. The summed E-state index contributed by atoms with van der Waals surface area (Å²) in [6.07, 6.45) is 1.58. The largest absolute Gasteiger partial charge is 0.339 e. The number of hydrogen-bond acceptors (Lipinski definition) is 4. The van der Waals surface area contributed by atoms with Gasteiger partial charge in [-0.15, -0.1) is 10.2 Å². The van der Waals surface area contributed by atoms with Crippen molar-refractivity contribution in [3.05, 3.63) is 42.2 Å². The molecule has 2 aromatic rings. The van der Waals surface area contributed by atoms with Crippen molar-refractivity contribution < 1.29 is 9.18 Å². The van der Waals surface area contributed by atoms with Crippen LogP contribution in [-0.4, -0.2) is 16.1 Å². The van der Waals surface area contributed by atoms with Gasteiger partial charge in [-0.1, -0.05) is 13.8 Å². The van der Waals surface area contributed by atoms with Gasteiger partial charge in [-0.2, -0.15) is 0 Å². The Morgan fingerprint density at radius 2 is 1.64 bits per heavy atom. The molecule has 0 fully saturated rings. The van der Waals surface area contributed by atoms with Crippen molar-refractivity contribution in [3.63, 3.8) is 0 Å². The fourth-order valence-corrected chi connectivity index (χ4v) is 2.03. The summed E-state index contributed by atoms with van der Waals surface area (Å²) in [5, 5.41) is 13.7. The Hall–Kier alpha value is -2.50. The first kappa shape index (κ1) is 15.9. The highest BCUT2D eigenvalue weighted by molar-refractivity contribution is 5.91. The van der Waals surface area contributed by atoms with Crippen LogP contribution in [0.15, 0.2) is 36.4 Å². The number of carbonyl (C=O) groups excluding carboxylic acids is 1. The summed E-state index contributed by atoms with van der Waals surface area (Å²) >= 11 is 0. The molecule has 1 amide bonds. The summed E-state index contributed by atoms with van der Waals surface area (Å²) in [4.78, 5) is 12.0. The van der Waals surface area contributed by atoms with Gasteiger partial charge < -0.3 is 10.6 Å². The van der Waals surface area contributed by atoms with Gasteiger partial charge in [-0.3, -0.25) is 4.79 Å². The second-order valence-corrected chi connectivity index (χ2v) is 4.94. The van der Waals surface area contributed by atoms with Crippen LogP contribution in [-0.2, 0) is 4.79 Å². The van der Waals surface area contributed by atoms with Crippen molar-refractivity contribution in [2.45, 2.75) is 26.7 Å². The third kappa shape index (κ3) is 4.25. The van der Waals surface area contributed by atoms with E-state index in [4.69, 9.17) is 0 Å². The van der Waals surface area contributed by atoms with Crippen LogP contribution in [0.1, 0.15) is 26.7 Å². The van der Waals surface area contributed by atoms with Crippen LogP contribution in [0.25, 0.3) is 0 Å². The molecule has 0 unspecified atom stereocenters. The highest BCUT2D eigenvalue weighted by atomic mass is 19.1. The number of amides is 1. The zero-order valence-electron chi connectivity index (χ0n) is 12.6. The van der Waals surface area contributed by atoms with Gasteiger partial charge >= 0.3 is 0 Å². The number of anilines is 3. The minimum atomic E-state index is -0.295. The molecule has 0 aliphatic heterocycles. The Kier molecular flexibility index (Phi) is 5.41. The number of halogens is 1. The molecule has 0 aliphatic rings. The van der Waals surface area contributed by atoms with Crippen LogP contribution in [0, 0.1) is 11.7 Å². The number of carbonyl (C=O) groups is 1. The van der Waals surface area contributed by atoms with Crippen molar-refractivity contribution in [2.24, 2.45) is 5.92 Å². The SMILES string of the molecule is CCC(CC)C(=O)Nc1ccc(Nc2ccc(F)cc2)nn1. The molecule has 0 atom stereocenters. The number of aromatic nitrogens is 2. The van der Waals surface area contributed by atoms with Gasteiger partial charge in [0.25, 0.3) is 0 Å². The molecule has 2 N–H and O–H groups in total. The van der Waals surface area contributed by atoms with Gasteiger partial charge in [-0.05, 0) is 49.2 Å². The predicted octanol–water partition coefficient (Wildman–Crippen LogP) is 3.73. The van der Waals surface area contributed by atoms with E-state index in [0.29, 0.717) is 17.3 Å². The Balaban J connectivity index is 1.98. The second-order valence-electron chi connectivity index (χ2n) is 4.94. The zero-order valence-corrected chi connectivity index (χ0v) is 12.6. The van der Waals surface area contributed by atoms with Gasteiger partial charge in [0.15, 0.2) is 11.6 Å². The molecule has 1 aromatic carbocycles. The van der Waals surface area contributed by atoms with E-state index in [1.54, 1.807) is 24.3 Å². The van der Waals surface area contributed by atoms with E-state index in [1.807, 2.05) is 13.8 Å². The van der Waals surface area contributed by atoms with Gasteiger partial charge in [-0.25, -0.2) is 4.39 Å². The highest BCUT2D eigenvalue weighted by Crippen LogP contribution is 2.16. The number of hydrogen-bond donors (Lipinski definition) is 2. The summed E-state index contributed by atoms with van der Waals surface area (Å²) in [5.74, 6) is 0.585. The van der Waals surface area contributed by atoms with Crippen LogP contribution in [0.5, 0.6) is 0 Å². The van der Waals surface area contributed by atoms with E-state index in [-0.39, 0.29) is 17.6 Å². The van der Waals surface area contributed by atoms with Crippen LogP contribution >= 0.6 is 0 Å². The Labute approximate surface area is 129 Å². The lowest BCUT2D eigenvalue weighted by Crippen LogP contribution is -2.22. The normalized spacial score (nSPS) is 10.5. The molecule has 6 heteroatoms. The van der Waals surface area contributed by atoms with E-state index >= 15 is 0 Å². The summed E-state index contributed by atoms with van der Waals surface area (Å²) in [7, 11) is 0. The molecule has 1 heterocycles. The number of benzene rings is 1. The van der Waals surface area contributed by atoms with E-state index in [1.165, 1.54) is 12.1 Å². The van der Waals surface area contributed by atoms with E-state index < -0.39 is 0 Å². The smallest absolute Gasteiger partial charge is 0.228 e. The zero-order chi connectivity index (χ0) is 15.9. The topological polar surface area (TPSA) is 66.9 Å². The second kappa shape index (κ2) is 7.49. The summed E-state index contributed by atoms with van der Waals surface area (Å²) < 4.78 is 12.8. The third-order valence-corrected chi connectivity index (χ3v) is 3.39. The molecule has 0 saturated carbocycles. The molecule has 0 spiro atoms. The lowest BCUT2D eigenvalue weighted by Gasteiger charge is -2.12. The molecule has 0 aliphatic carbocycles. The summed E-state index contributed by atoms with van der Waals surface area (Å²) in [5.41, 5.74) is 0.713. The molecular formula is C16H19FN4O. The van der Waals surface area contributed by atoms with Gasteiger partial charge in [0.2, 0.25) is 5.91 Å². The summed E-state index contributed by atoms with van der Waals surface area (Å²) in [6, 6.07) is 9.33. The molecule has 1 aromatic heterocycles. The average molecular weight is 302 g/mol. The molecule has 5 nitrogen and oxygen atoms in total. The maximum Gasteiger partial charge on any atom is 0.228 e. The van der Waals surface area contributed by atoms with Crippen LogP contribution in [0.3, 0.4) is 0 Å². The van der Waals surface area contributed by atoms with Crippen molar-refractivity contribution in [3.8, 4) is 0 Å². The van der Waals surface area contributed by atoms with Crippen molar-refractivity contribution in [1.82, 2.24) is 10.2 Å². The van der Waals surface area contributed by atoms with Gasteiger partial charge in [0.05, 0.1) is 0 Å². The fourth-order valence-electron chi connectivity index (χ4n) is 2.03. The highest BCUT2D eigenvalue weighted by Gasteiger charge is 2.14. The average Bonchev–Trinajstić information content (AvgIpc) is 2.53. The first-order chi connectivity index (χ1) is 10.6. The van der Waals surface area contributed by atoms with Crippen molar-refractivity contribution >= 4 is 23.2 Å². The lowest BCUT2D eigenvalue weighted by atomic mass is 10.0. The lowest BCUT2D eigenvalue weighted by molar-refractivity contribution is -0.120. The van der Waals surface area contributed by atoms with Crippen molar-refractivity contribution in [1.29, 1.82) is 0 Å². The summed E-state index contributed by atoms with van der Waals surface area (Å²) in [6.45, 7) is 3.96. The van der Waals surface area contributed by atoms with Crippen molar-refractivity contribution in [2.75, 3.05) is 10.6 Å². The minimum Gasteiger partial charge on any atom is -0.339 e. The predicted molar refractivity (Wildman–Crippen MR) is 84.4 cm³/mol. The molecule has 116 valence electrons. The van der Waals surface area contributed by atoms with Crippen LogP contribution < -0.4 is 10.6 Å². The first-order valence-corrected chi connectivity index (χ1v) is 7.29. The van der Waals surface area contributed by atoms with E-state index in [0.717, 1.165) is 12.8 Å². The maximum absolute atomic E-state index is 12.8. The minimum absolute atomic E-state index is 0.0150. The first-order valence-electron chi connectivity index (χ1n) is 7.29. The number of nitrogens with one attached hydrogen (secondary N) is 2. The monoisotopic (exact) mass is 302 g/mol. The number of rotatable bonds is 6. The Morgan fingerprint density at radius 3 is 2.18 bits per heavy atom. The molecule has 2 rings (SSSR count).